The zero-order valence-electron chi connectivity index (χ0n) is 12.1. The highest BCUT2D eigenvalue weighted by molar-refractivity contribution is 6.30. The van der Waals surface area contributed by atoms with Crippen LogP contribution < -0.4 is 5.32 Å². The van der Waals surface area contributed by atoms with Gasteiger partial charge in [-0.05, 0) is 43.7 Å². The molecule has 0 heterocycles. The fourth-order valence-electron chi connectivity index (χ4n) is 2.86. The lowest BCUT2D eigenvalue weighted by Gasteiger charge is -2.39. The molecule has 1 saturated carbocycles. The minimum Gasteiger partial charge on any atom is -0.394 e. The van der Waals surface area contributed by atoms with Crippen LogP contribution in [0.15, 0.2) is 18.2 Å². The molecule has 6 heteroatoms. The molecule has 5 nitrogen and oxygen atoms in total. The van der Waals surface area contributed by atoms with Crippen LogP contribution in [0, 0.1) is 16.0 Å². The maximum absolute atomic E-state index is 11.1. The normalized spacial score (nSPS) is 25.8. The van der Waals surface area contributed by atoms with Crippen molar-refractivity contribution in [1.29, 1.82) is 0 Å². The van der Waals surface area contributed by atoms with Crippen LogP contribution in [0.5, 0.6) is 0 Å². The summed E-state index contributed by atoms with van der Waals surface area (Å²) in [6, 6.07) is 4.56. The molecule has 116 valence electrons. The second-order valence-electron chi connectivity index (χ2n) is 6.00. The molecule has 0 aromatic heterocycles. The Morgan fingerprint density at radius 3 is 2.71 bits per heavy atom. The maximum Gasteiger partial charge on any atom is 0.273 e. The smallest absolute Gasteiger partial charge is 0.273 e. The number of benzene rings is 1. The van der Waals surface area contributed by atoms with E-state index >= 15 is 0 Å². The first-order chi connectivity index (χ1) is 9.96. The van der Waals surface area contributed by atoms with Gasteiger partial charge in [0.1, 0.15) is 0 Å². The third kappa shape index (κ3) is 3.93. The Hall–Kier alpha value is -1.17. The van der Waals surface area contributed by atoms with Crippen molar-refractivity contribution in [3.05, 3.63) is 38.9 Å². The lowest BCUT2D eigenvalue weighted by molar-refractivity contribution is -0.385. The summed E-state index contributed by atoms with van der Waals surface area (Å²) in [4.78, 5) is 10.7. The fraction of sp³-hybridized carbons (Fsp3) is 0.600. The first-order valence-corrected chi connectivity index (χ1v) is 7.62. The minimum atomic E-state index is -0.401. The number of aliphatic hydroxyl groups is 1. The van der Waals surface area contributed by atoms with E-state index in [-0.39, 0.29) is 17.8 Å². The van der Waals surface area contributed by atoms with Crippen molar-refractivity contribution in [2.75, 3.05) is 6.61 Å². The van der Waals surface area contributed by atoms with E-state index in [1.54, 1.807) is 6.07 Å². The van der Waals surface area contributed by atoms with Crippen LogP contribution in [0.1, 0.15) is 38.2 Å². The first-order valence-electron chi connectivity index (χ1n) is 7.24. The van der Waals surface area contributed by atoms with Gasteiger partial charge >= 0.3 is 0 Å². The van der Waals surface area contributed by atoms with Gasteiger partial charge < -0.3 is 10.4 Å². The predicted molar refractivity (Wildman–Crippen MR) is 82.4 cm³/mol. The van der Waals surface area contributed by atoms with Gasteiger partial charge in [-0.1, -0.05) is 18.5 Å². The number of nitrogens with zero attached hydrogens (tertiary/aromatic N) is 1. The Bertz CT molecular complexity index is 514. The largest absolute Gasteiger partial charge is 0.394 e. The Morgan fingerprint density at radius 2 is 2.14 bits per heavy atom. The molecule has 2 rings (SSSR count). The van der Waals surface area contributed by atoms with Gasteiger partial charge in [0.25, 0.3) is 5.69 Å². The fourth-order valence-corrected chi connectivity index (χ4v) is 3.06. The molecule has 1 aliphatic carbocycles. The molecule has 1 aromatic carbocycles. The third-order valence-corrected chi connectivity index (χ3v) is 4.66. The molecule has 2 N–H and O–H groups in total. The van der Waals surface area contributed by atoms with Crippen molar-refractivity contribution in [2.24, 2.45) is 5.92 Å². The average molecular weight is 313 g/mol. The van der Waals surface area contributed by atoms with Crippen molar-refractivity contribution in [2.45, 2.75) is 44.7 Å². The van der Waals surface area contributed by atoms with Crippen molar-refractivity contribution < 1.29 is 10.0 Å². The van der Waals surface area contributed by atoms with E-state index < -0.39 is 4.92 Å². The molecule has 0 saturated heterocycles. The molecule has 1 fully saturated rings. The number of nitrogens with one attached hydrogen (secondary N) is 1. The summed E-state index contributed by atoms with van der Waals surface area (Å²) in [5.74, 6) is 0.673. The molecule has 0 atom stereocenters. The van der Waals surface area contributed by atoms with Gasteiger partial charge in [0, 0.05) is 28.7 Å². The van der Waals surface area contributed by atoms with Crippen molar-refractivity contribution in [3.8, 4) is 0 Å². The summed E-state index contributed by atoms with van der Waals surface area (Å²) >= 11 is 5.93. The Morgan fingerprint density at radius 1 is 1.48 bits per heavy atom. The van der Waals surface area contributed by atoms with E-state index in [4.69, 9.17) is 11.6 Å². The van der Waals surface area contributed by atoms with E-state index in [0.717, 1.165) is 25.7 Å². The number of nitro benzene ring substituents is 1. The molecule has 1 aromatic rings. The summed E-state index contributed by atoms with van der Waals surface area (Å²) in [7, 11) is 0. The molecule has 1 aliphatic rings. The van der Waals surface area contributed by atoms with Gasteiger partial charge in [-0.25, -0.2) is 0 Å². The van der Waals surface area contributed by atoms with Crippen LogP contribution in [0.25, 0.3) is 0 Å². The van der Waals surface area contributed by atoms with E-state index in [0.29, 0.717) is 23.0 Å². The molecule has 0 spiro atoms. The maximum atomic E-state index is 11.1. The molecule has 0 amide bonds. The van der Waals surface area contributed by atoms with Gasteiger partial charge in [0.15, 0.2) is 0 Å². The van der Waals surface area contributed by atoms with Crippen LogP contribution in [0.4, 0.5) is 5.69 Å². The Balaban J connectivity index is 2.11. The zero-order chi connectivity index (χ0) is 15.5. The molecule has 0 aliphatic heterocycles. The van der Waals surface area contributed by atoms with Crippen LogP contribution in [-0.2, 0) is 6.54 Å². The zero-order valence-corrected chi connectivity index (χ0v) is 12.9. The topological polar surface area (TPSA) is 75.4 Å². The quantitative estimate of drug-likeness (QED) is 0.646. The van der Waals surface area contributed by atoms with Gasteiger partial charge in [-0.15, -0.1) is 0 Å². The van der Waals surface area contributed by atoms with Gasteiger partial charge in [0.2, 0.25) is 0 Å². The molecular weight excluding hydrogens is 292 g/mol. The second kappa shape index (κ2) is 6.73. The monoisotopic (exact) mass is 312 g/mol. The van der Waals surface area contributed by atoms with Gasteiger partial charge in [-0.2, -0.15) is 0 Å². The molecule has 0 bridgehead atoms. The number of rotatable bonds is 5. The van der Waals surface area contributed by atoms with Crippen LogP contribution in [-0.4, -0.2) is 22.2 Å². The molecule has 0 unspecified atom stereocenters. The summed E-state index contributed by atoms with van der Waals surface area (Å²) in [6.07, 6.45) is 3.90. The van der Waals surface area contributed by atoms with E-state index in [9.17, 15) is 15.2 Å². The summed E-state index contributed by atoms with van der Waals surface area (Å²) in [5.41, 5.74) is 0.283. The Kier molecular flexibility index (Phi) is 5.19. The predicted octanol–water partition coefficient (Wildman–Crippen LogP) is 3.28. The van der Waals surface area contributed by atoms with E-state index in [2.05, 4.69) is 12.2 Å². The lowest BCUT2D eigenvalue weighted by Crippen LogP contribution is -2.50. The van der Waals surface area contributed by atoms with Crippen LogP contribution in [0.3, 0.4) is 0 Å². The number of hydrogen-bond donors (Lipinski definition) is 2. The van der Waals surface area contributed by atoms with Crippen molar-refractivity contribution >= 4 is 17.3 Å². The highest BCUT2D eigenvalue weighted by Crippen LogP contribution is 2.32. The molecule has 21 heavy (non-hydrogen) atoms. The summed E-state index contributed by atoms with van der Waals surface area (Å²) < 4.78 is 0. The number of aliphatic hydroxyl groups excluding tert-OH is 1. The Labute approximate surface area is 129 Å². The highest BCUT2D eigenvalue weighted by atomic mass is 35.5. The second-order valence-corrected chi connectivity index (χ2v) is 6.44. The standard InChI is InChI=1S/C15H21ClN2O3/c1-11-4-6-15(10-19,7-5-11)17-9-12-8-13(16)2-3-14(12)18(20)21/h2-3,8,11,17,19H,4-7,9-10H2,1H3. The highest BCUT2D eigenvalue weighted by Gasteiger charge is 2.33. The lowest BCUT2D eigenvalue weighted by atomic mass is 9.77. The minimum absolute atomic E-state index is 0.0497. The average Bonchev–Trinajstić information content (AvgIpc) is 2.47. The number of halogens is 1. The molecule has 0 radical (unpaired) electrons. The SMILES string of the molecule is CC1CCC(CO)(NCc2cc(Cl)ccc2[N+](=O)[O-])CC1. The van der Waals surface area contributed by atoms with E-state index in [1.165, 1.54) is 12.1 Å². The van der Waals surface area contributed by atoms with Crippen LogP contribution >= 0.6 is 11.6 Å². The number of nitro groups is 1. The van der Waals surface area contributed by atoms with Crippen LogP contribution in [0.2, 0.25) is 5.02 Å². The van der Waals surface area contributed by atoms with Crippen molar-refractivity contribution in [3.63, 3.8) is 0 Å². The number of hydrogen-bond acceptors (Lipinski definition) is 4. The molecular formula is C15H21ClN2O3. The summed E-state index contributed by atoms with van der Waals surface area (Å²) in [5, 5.41) is 24.6. The first kappa shape index (κ1) is 16.2. The van der Waals surface area contributed by atoms with Gasteiger partial charge in [-0.3, -0.25) is 10.1 Å². The van der Waals surface area contributed by atoms with E-state index in [1.807, 2.05) is 0 Å². The van der Waals surface area contributed by atoms with Crippen molar-refractivity contribution in [1.82, 2.24) is 5.32 Å². The van der Waals surface area contributed by atoms with Gasteiger partial charge in [0.05, 0.1) is 11.5 Å². The third-order valence-electron chi connectivity index (χ3n) is 4.43. The summed E-state index contributed by atoms with van der Waals surface area (Å²) in [6.45, 7) is 2.60.